The van der Waals surface area contributed by atoms with Gasteiger partial charge in [-0.1, -0.05) is 18.2 Å². The number of amides is 1. The van der Waals surface area contributed by atoms with E-state index >= 15 is 0 Å². The van der Waals surface area contributed by atoms with Crippen molar-refractivity contribution in [3.05, 3.63) is 29.8 Å². The second-order valence-electron chi connectivity index (χ2n) is 4.99. The van der Waals surface area contributed by atoms with Crippen LogP contribution in [0.5, 0.6) is 5.75 Å². The number of carbonyl (C=O) groups is 2. The van der Waals surface area contributed by atoms with Crippen LogP contribution in [0.15, 0.2) is 24.3 Å². The van der Waals surface area contributed by atoms with Gasteiger partial charge in [0, 0.05) is 11.1 Å². The van der Waals surface area contributed by atoms with Gasteiger partial charge in [-0.3, -0.25) is 9.59 Å². The van der Waals surface area contributed by atoms with Crippen molar-refractivity contribution in [2.75, 3.05) is 7.11 Å². The average molecular weight is 265 g/mol. The SMILES string of the molecule is COc1ccccc1CC(=O)NC(C)(C)CC(=O)O. The fourth-order valence-corrected chi connectivity index (χ4v) is 1.87. The van der Waals surface area contributed by atoms with E-state index < -0.39 is 11.5 Å². The van der Waals surface area contributed by atoms with Gasteiger partial charge in [0.1, 0.15) is 5.75 Å². The molecule has 5 heteroatoms. The molecule has 0 aliphatic heterocycles. The molecular formula is C14H19NO4. The van der Waals surface area contributed by atoms with Crippen LogP contribution >= 0.6 is 0 Å². The molecule has 0 bridgehead atoms. The van der Waals surface area contributed by atoms with Crippen molar-refractivity contribution in [1.29, 1.82) is 0 Å². The summed E-state index contributed by atoms with van der Waals surface area (Å²) >= 11 is 0. The average Bonchev–Trinajstić information content (AvgIpc) is 2.26. The molecule has 0 unspecified atom stereocenters. The molecule has 1 amide bonds. The maximum Gasteiger partial charge on any atom is 0.305 e. The highest BCUT2D eigenvalue weighted by Crippen LogP contribution is 2.18. The highest BCUT2D eigenvalue weighted by Gasteiger charge is 2.24. The van der Waals surface area contributed by atoms with E-state index in [2.05, 4.69) is 5.32 Å². The fourth-order valence-electron chi connectivity index (χ4n) is 1.87. The zero-order chi connectivity index (χ0) is 14.5. The lowest BCUT2D eigenvalue weighted by atomic mass is 10.00. The molecule has 19 heavy (non-hydrogen) atoms. The first-order valence-corrected chi connectivity index (χ1v) is 5.99. The topological polar surface area (TPSA) is 75.6 Å². The summed E-state index contributed by atoms with van der Waals surface area (Å²) < 4.78 is 5.17. The summed E-state index contributed by atoms with van der Waals surface area (Å²) in [5.41, 5.74) is -0.00101. The van der Waals surface area contributed by atoms with Crippen molar-refractivity contribution < 1.29 is 19.4 Å². The molecule has 0 fully saturated rings. The van der Waals surface area contributed by atoms with Gasteiger partial charge in [0.05, 0.1) is 20.0 Å². The lowest BCUT2D eigenvalue weighted by Gasteiger charge is -2.24. The molecule has 0 aromatic heterocycles. The van der Waals surface area contributed by atoms with E-state index in [1.807, 2.05) is 18.2 Å². The second-order valence-corrected chi connectivity index (χ2v) is 4.99. The van der Waals surface area contributed by atoms with Gasteiger partial charge in [0.15, 0.2) is 0 Å². The van der Waals surface area contributed by atoms with Crippen LogP contribution in [0.2, 0.25) is 0 Å². The van der Waals surface area contributed by atoms with Crippen molar-refractivity contribution in [1.82, 2.24) is 5.32 Å². The number of rotatable bonds is 6. The van der Waals surface area contributed by atoms with Crippen LogP contribution < -0.4 is 10.1 Å². The summed E-state index contributed by atoms with van der Waals surface area (Å²) in [5, 5.41) is 11.5. The maximum absolute atomic E-state index is 11.9. The molecule has 0 aliphatic rings. The van der Waals surface area contributed by atoms with Gasteiger partial charge < -0.3 is 15.2 Å². The molecule has 5 nitrogen and oxygen atoms in total. The number of carbonyl (C=O) groups excluding carboxylic acids is 1. The molecule has 0 heterocycles. The van der Waals surface area contributed by atoms with E-state index in [0.29, 0.717) is 5.75 Å². The number of benzene rings is 1. The van der Waals surface area contributed by atoms with Crippen molar-refractivity contribution in [2.24, 2.45) is 0 Å². The van der Waals surface area contributed by atoms with Gasteiger partial charge in [-0.2, -0.15) is 0 Å². The number of nitrogens with one attached hydrogen (secondary N) is 1. The highest BCUT2D eigenvalue weighted by atomic mass is 16.5. The summed E-state index contributed by atoms with van der Waals surface area (Å²) in [6, 6.07) is 7.25. The Bertz CT molecular complexity index is 468. The molecule has 1 aromatic rings. The van der Waals surface area contributed by atoms with Crippen LogP contribution in [0, 0.1) is 0 Å². The monoisotopic (exact) mass is 265 g/mol. The summed E-state index contributed by atoms with van der Waals surface area (Å²) in [7, 11) is 1.55. The lowest BCUT2D eigenvalue weighted by Crippen LogP contribution is -2.45. The molecule has 2 N–H and O–H groups in total. The van der Waals surface area contributed by atoms with E-state index in [0.717, 1.165) is 5.56 Å². The molecular weight excluding hydrogens is 246 g/mol. The minimum absolute atomic E-state index is 0.120. The molecule has 0 saturated heterocycles. The predicted octanol–water partition coefficient (Wildman–Crippen LogP) is 1.61. The quantitative estimate of drug-likeness (QED) is 0.819. The number of carboxylic acid groups (broad SMARTS) is 1. The molecule has 1 aromatic carbocycles. The summed E-state index contributed by atoms with van der Waals surface area (Å²) in [6.07, 6.45) is 0.0394. The largest absolute Gasteiger partial charge is 0.496 e. The Balaban J connectivity index is 2.67. The number of para-hydroxylation sites is 1. The Morgan fingerprint density at radius 1 is 1.32 bits per heavy atom. The molecule has 0 aliphatic carbocycles. The summed E-state index contributed by atoms with van der Waals surface area (Å²) in [4.78, 5) is 22.6. The van der Waals surface area contributed by atoms with Gasteiger partial charge in [0.2, 0.25) is 5.91 Å². The Hall–Kier alpha value is -2.04. The Labute approximate surface area is 112 Å². The molecule has 104 valence electrons. The first-order chi connectivity index (χ1) is 8.84. The number of aliphatic carboxylic acids is 1. The van der Waals surface area contributed by atoms with E-state index in [1.54, 1.807) is 27.0 Å². The van der Waals surface area contributed by atoms with Crippen LogP contribution in [0.4, 0.5) is 0 Å². The molecule has 0 saturated carbocycles. The van der Waals surface area contributed by atoms with E-state index in [1.165, 1.54) is 0 Å². The van der Waals surface area contributed by atoms with Crippen molar-refractivity contribution in [3.63, 3.8) is 0 Å². The first kappa shape index (κ1) is 15.0. The number of methoxy groups -OCH3 is 1. The van der Waals surface area contributed by atoms with Gasteiger partial charge in [-0.15, -0.1) is 0 Å². The Kier molecular flexibility index (Phi) is 4.92. The predicted molar refractivity (Wildman–Crippen MR) is 71.2 cm³/mol. The van der Waals surface area contributed by atoms with Crippen molar-refractivity contribution >= 4 is 11.9 Å². The van der Waals surface area contributed by atoms with Crippen molar-refractivity contribution in [2.45, 2.75) is 32.2 Å². The minimum Gasteiger partial charge on any atom is -0.496 e. The maximum atomic E-state index is 11.9. The molecule has 0 atom stereocenters. The summed E-state index contributed by atoms with van der Waals surface area (Å²) in [6.45, 7) is 3.36. The van der Waals surface area contributed by atoms with Crippen LogP contribution in [0.1, 0.15) is 25.8 Å². The summed E-state index contributed by atoms with van der Waals surface area (Å²) in [5.74, 6) is -0.521. The van der Waals surface area contributed by atoms with Gasteiger partial charge in [-0.05, 0) is 19.9 Å². The third kappa shape index (κ3) is 4.99. The second kappa shape index (κ2) is 6.22. The zero-order valence-electron chi connectivity index (χ0n) is 11.4. The number of hydrogen-bond donors (Lipinski definition) is 2. The Morgan fingerprint density at radius 3 is 2.53 bits per heavy atom. The smallest absolute Gasteiger partial charge is 0.305 e. The highest BCUT2D eigenvalue weighted by molar-refractivity contribution is 5.81. The lowest BCUT2D eigenvalue weighted by molar-refractivity contribution is -0.138. The van der Waals surface area contributed by atoms with E-state index in [9.17, 15) is 9.59 Å². The minimum atomic E-state index is -0.942. The zero-order valence-corrected chi connectivity index (χ0v) is 11.4. The standard InChI is InChI=1S/C14H19NO4/c1-14(2,9-13(17)18)15-12(16)8-10-6-4-5-7-11(10)19-3/h4-7H,8-9H2,1-3H3,(H,15,16)(H,17,18). The van der Waals surface area contributed by atoms with Gasteiger partial charge >= 0.3 is 5.97 Å². The molecule has 0 spiro atoms. The van der Waals surface area contributed by atoms with Crippen LogP contribution in [-0.4, -0.2) is 29.6 Å². The molecule has 0 radical (unpaired) electrons. The van der Waals surface area contributed by atoms with Crippen LogP contribution in [-0.2, 0) is 16.0 Å². The number of carboxylic acids is 1. The van der Waals surface area contributed by atoms with Gasteiger partial charge in [-0.25, -0.2) is 0 Å². The van der Waals surface area contributed by atoms with E-state index in [4.69, 9.17) is 9.84 Å². The third-order valence-corrected chi connectivity index (χ3v) is 2.61. The fraction of sp³-hybridized carbons (Fsp3) is 0.429. The van der Waals surface area contributed by atoms with Crippen LogP contribution in [0.3, 0.4) is 0 Å². The Morgan fingerprint density at radius 2 is 1.95 bits per heavy atom. The van der Waals surface area contributed by atoms with Crippen molar-refractivity contribution in [3.8, 4) is 5.75 Å². The number of hydrogen-bond acceptors (Lipinski definition) is 3. The van der Waals surface area contributed by atoms with Crippen LogP contribution in [0.25, 0.3) is 0 Å². The van der Waals surface area contributed by atoms with E-state index in [-0.39, 0.29) is 18.7 Å². The number of ether oxygens (including phenoxy) is 1. The van der Waals surface area contributed by atoms with Gasteiger partial charge in [0.25, 0.3) is 0 Å². The normalized spacial score (nSPS) is 10.9. The third-order valence-electron chi connectivity index (χ3n) is 2.61. The first-order valence-electron chi connectivity index (χ1n) is 5.99. The molecule has 1 rings (SSSR count).